The van der Waals surface area contributed by atoms with Gasteiger partial charge in [-0.1, -0.05) is 0 Å². The van der Waals surface area contributed by atoms with Gasteiger partial charge in [0.25, 0.3) is 0 Å². The number of likely N-dealkylation sites (tertiary alicyclic amines) is 1. The highest BCUT2D eigenvalue weighted by atomic mass is 35.5. The van der Waals surface area contributed by atoms with Crippen LogP contribution in [0, 0.1) is 0 Å². The van der Waals surface area contributed by atoms with Crippen LogP contribution >= 0.6 is 12.4 Å². The number of halogens is 1. The van der Waals surface area contributed by atoms with Crippen LogP contribution in [0.5, 0.6) is 0 Å². The van der Waals surface area contributed by atoms with Crippen LogP contribution in [0.3, 0.4) is 0 Å². The van der Waals surface area contributed by atoms with Crippen LogP contribution in [0.25, 0.3) is 0 Å². The second-order valence-corrected chi connectivity index (χ2v) is 3.69. The van der Waals surface area contributed by atoms with Crippen molar-refractivity contribution < 1.29 is 0 Å². The third-order valence-corrected chi connectivity index (χ3v) is 2.85. The minimum Gasteiger partial charge on any atom is -0.328 e. The van der Waals surface area contributed by atoms with Gasteiger partial charge in [-0.05, 0) is 12.8 Å². The number of nitrogens with zero attached hydrogens (tertiary/aromatic N) is 1. The lowest BCUT2D eigenvalue weighted by molar-refractivity contribution is 0.114. The molecule has 0 atom stereocenters. The predicted molar refractivity (Wildman–Crippen MR) is 52.7 cm³/mol. The van der Waals surface area contributed by atoms with E-state index in [1.165, 1.54) is 39.0 Å². The fourth-order valence-electron chi connectivity index (χ4n) is 1.82. The first-order valence-electron chi connectivity index (χ1n) is 4.56. The molecular weight excluding hydrogens is 174 g/mol. The molecule has 0 spiro atoms. The summed E-state index contributed by atoms with van der Waals surface area (Å²) in [7, 11) is 0. The quantitative estimate of drug-likeness (QED) is 0.604. The first-order chi connectivity index (χ1) is 5.36. The summed E-state index contributed by atoms with van der Waals surface area (Å²) in [5.41, 5.74) is 5.81. The highest BCUT2D eigenvalue weighted by Crippen LogP contribution is 2.13. The van der Waals surface area contributed by atoms with Gasteiger partial charge in [-0.2, -0.15) is 0 Å². The van der Waals surface area contributed by atoms with Gasteiger partial charge in [-0.3, -0.25) is 4.90 Å². The van der Waals surface area contributed by atoms with Crippen LogP contribution in [0.4, 0.5) is 0 Å². The van der Waals surface area contributed by atoms with Gasteiger partial charge in [0.2, 0.25) is 0 Å². The van der Waals surface area contributed by atoms with Gasteiger partial charge in [-0.25, -0.2) is 0 Å². The Kier molecular flexibility index (Phi) is 3.77. The average molecular weight is 192 g/mol. The summed E-state index contributed by atoms with van der Waals surface area (Å²) in [6.07, 6.45) is 2.38. The smallest absolute Gasteiger partial charge is 0.0345 e. The van der Waals surface area contributed by atoms with Gasteiger partial charge in [0, 0.05) is 38.3 Å². The van der Waals surface area contributed by atoms with E-state index in [0.717, 1.165) is 6.04 Å². The molecule has 2 rings (SSSR count). The molecule has 3 N–H and O–H groups in total. The lowest BCUT2D eigenvalue weighted by atomic mass is 10.0. The lowest BCUT2D eigenvalue weighted by Gasteiger charge is -2.41. The first-order valence-corrected chi connectivity index (χ1v) is 4.56. The minimum atomic E-state index is 0. The molecule has 4 heteroatoms. The summed E-state index contributed by atoms with van der Waals surface area (Å²) < 4.78 is 0. The molecule has 0 aromatic rings. The van der Waals surface area contributed by atoms with Gasteiger partial charge < -0.3 is 11.1 Å². The second-order valence-electron chi connectivity index (χ2n) is 3.69. The van der Waals surface area contributed by atoms with E-state index in [4.69, 9.17) is 5.73 Å². The molecule has 3 nitrogen and oxygen atoms in total. The number of hydrogen-bond acceptors (Lipinski definition) is 3. The van der Waals surface area contributed by atoms with Gasteiger partial charge >= 0.3 is 0 Å². The highest BCUT2D eigenvalue weighted by molar-refractivity contribution is 5.85. The third kappa shape index (κ3) is 2.10. The van der Waals surface area contributed by atoms with Crippen molar-refractivity contribution in [2.75, 3.05) is 26.2 Å². The molecule has 0 aromatic carbocycles. The van der Waals surface area contributed by atoms with Crippen LogP contribution in [-0.4, -0.2) is 43.2 Å². The molecule has 0 radical (unpaired) electrons. The Balaban J connectivity index is 0.000000720. The zero-order valence-electron chi connectivity index (χ0n) is 7.33. The Hall–Kier alpha value is 0.170. The maximum absolute atomic E-state index is 5.81. The van der Waals surface area contributed by atoms with Gasteiger partial charge in [-0.15, -0.1) is 12.4 Å². The van der Waals surface area contributed by atoms with Crippen LogP contribution in [-0.2, 0) is 0 Å². The van der Waals surface area contributed by atoms with Crippen molar-refractivity contribution >= 4 is 12.4 Å². The molecule has 72 valence electrons. The number of rotatable bonds is 1. The Morgan fingerprint density at radius 1 is 1.17 bits per heavy atom. The molecule has 0 saturated carbocycles. The van der Waals surface area contributed by atoms with E-state index >= 15 is 0 Å². The fraction of sp³-hybridized carbons (Fsp3) is 1.00. The van der Waals surface area contributed by atoms with Crippen LogP contribution in [0.1, 0.15) is 12.8 Å². The maximum atomic E-state index is 5.81. The van der Waals surface area contributed by atoms with E-state index < -0.39 is 0 Å². The molecule has 2 heterocycles. The van der Waals surface area contributed by atoms with Gasteiger partial charge in [0.15, 0.2) is 0 Å². The molecular formula is C8H18ClN3. The number of hydrogen-bond donors (Lipinski definition) is 2. The van der Waals surface area contributed by atoms with Crippen molar-refractivity contribution in [2.45, 2.75) is 24.9 Å². The zero-order chi connectivity index (χ0) is 7.68. The number of nitrogens with two attached hydrogens (primary N) is 1. The van der Waals surface area contributed by atoms with Crippen molar-refractivity contribution in [3.8, 4) is 0 Å². The van der Waals surface area contributed by atoms with E-state index in [2.05, 4.69) is 10.2 Å². The molecule has 0 amide bonds. The van der Waals surface area contributed by atoms with E-state index in [1.807, 2.05) is 0 Å². The van der Waals surface area contributed by atoms with Crippen LogP contribution in [0.2, 0.25) is 0 Å². The average Bonchev–Trinajstić information content (AvgIpc) is 1.90. The van der Waals surface area contributed by atoms with Crippen molar-refractivity contribution in [2.24, 2.45) is 5.73 Å². The minimum absolute atomic E-state index is 0. The summed E-state index contributed by atoms with van der Waals surface area (Å²) in [4.78, 5) is 2.57. The Labute approximate surface area is 80.1 Å². The van der Waals surface area contributed by atoms with E-state index in [1.54, 1.807) is 0 Å². The molecule has 2 aliphatic heterocycles. The molecule has 2 aliphatic rings. The monoisotopic (exact) mass is 191 g/mol. The zero-order valence-corrected chi connectivity index (χ0v) is 8.15. The standard InChI is InChI=1S/C8H17N3.ClH/c9-7-1-3-11(4-2-7)8-5-10-6-8;/h7-8,10H,1-6,9H2;1H. The van der Waals surface area contributed by atoms with E-state index in [0.29, 0.717) is 6.04 Å². The third-order valence-electron chi connectivity index (χ3n) is 2.85. The molecule has 0 aliphatic carbocycles. The molecule has 0 aromatic heterocycles. The highest BCUT2D eigenvalue weighted by Gasteiger charge is 2.26. The van der Waals surface area contributed by atoms with Gasteiger partial charge in [0.05, 0.1) is 0 Å². The lowest BCUT2D eigenvalue weighted by Crippen LogP contribution is -2.59. The van der Waals surface area contributed by atoms with Crippen molar-refractivity contribution in [1.82, 2.24) is 10.2 Å². The predicted octanol–water partition coefficient (Wildman–Crippen LogP) is -0.197. The largest absolute Gasteiger partial charge is 0.328 e. The Morgan fingerprint density at radius 2 is 1.75 bits per heavy atom. The normalized spacial score (nSPS) is 27.8. The molecule has 2 saturated heterocycles. The molecule has 0 bridgehead atoms. The second kappa shape index (κ2) is 4.42. The van der Waals surface area contributed by atoms with Crippen molar-refractivity contribution in [3.05, 3.63) is 0 Å². The van der Waals surface area contributed by atoms with Crippen LogP contribution < -0.4 is 11.1 Å². The van der Waals surface area contributed by atoms with Crippen LogP contribution in [0.15, 0.2) is 0 Å². The fourth-order valence-corrected chi connectivity index (χ4v) is 1.82. The first kappa shape index (κ1) is 10.3. The van der Waals surface area contributed by atoms with Gasteiger partial charge in [0.1, 0.15) is 0 Å². The van der Waals surface area contributed by atoms with E-state index in [-0.39, 0.29) is 12.4 Å². The summed E-state index contributed by atoms with van der Waals surface area (Å²) in [5, 5.41) is 3.30. The molecule has 12 heavy (non-hydrogen) atoms. The number of piperidine rings is 1. The Morgan fingerprint density at radius 3 is 2.17 bits per heavy atom. The summed E-state index contributed by atoms with van der Waals surface area (Å²) >= 11 is 0. The van der Waals surface area contributed by atoms with Crippen molar-refractivity contribution in [3.63, 3.8) is 0 Å². The summed E-state index contributed by atoms with van der Waals surface area (Å²) in [6, 6.07) is 1.29. The number of nitrogens with one attached hydrogen (secondary N) is 1. The Bertz CT molecular complexity index is 130. The summed E-state index contributed by atoms with van der Waals surface area (Å²) in [5.74, 6) is 0. The maximum Gasteiger partial charge on any atom is 0.0345 e. The SMILES string of the molecule is Cl.NC1CCN(C2CNC2)CC1. The topological polar surface area (TPSA) is 41.3 Å². The van der Waals surface area contributed by atoms with Crippen molar-refractivity contribution in [1.29, 1.82) is 0 Å². The molecule has 0 unspecified atom stereocenters. The molecule has 2 fully saturated rings. The summed E-state index contributed by atoms with van der Waals surface area (Å²) in [6.45, 7) is 4.81. The van der Waals surface area contributed by atoms with E-state index in [9.17, 15) is 0 Å².